The fourth-order valence-corrected chi connectivity index (χ4v) is 10.1. The van der Waals surface area contributed by atoms with Crippen LogP contribution in [0.15, 0.2) is 230 Å². The zero-order chi connectivity index (χ0) is 41.7. The highest BCUT2D eigenvalue weighted by Gasteiger charge is 2.39. The van der Waals surface area contributed by atoms with Gasteiger partial charge >= 0.3 is 0 Å². The van der Waals surface area contributed by atoms with E-state index in [4.69, 9.17) is 15.0 Å². The van der Waals surface area contributed by atoms with Crippen LogP contribution in [-0.4, -0.2) is 19.9 Å². The van der Waals surface area contributed by atoms with Crippen LogP contribution < -0.4 is 15.3 Å². The van der Waals surface area contributed by atoms with E-state index in [1.807, 2.05) is 48.7 Å². The van der Waals surface area contributed by atoms with E-state index >= 15 is 0 Å². The average molecular weight is 808 g/mol. The van der Waals surface area contributed by atoms with Crippen LogP contribution in [0.3, 0.4) is 0 Å². The van der Waals surface area contributed by atoms with Crippen LogP contribution in [0.2, 0.25) is 0 Å². The predicted octanol–water partition coefficient (Wildman–Crippen LogP) is 11.8. The maximum absolute atomic E-state index is 5.12. The molecule has 2 aromatic heterocycles. The monoisotopic (exact) mass is 807 g/mol. The first kappa shape index (κ1) is 36.8. The third-order valence-electron chi connectivity index (χ3n) is 13.0. The topological polar surface area (TPSA) is 54.8 Å². The number of nitrogens with zero attached hydrogens (tertiary/aromatic N) is 5. The van der Waals surface area contributed by atoms with Gasteiger partial charge in [0.25, 0.3) is 0 Å². The third-order valence-corrected chi connectivity index (χ3v) is 13.0. The minimum absolute atomic E-state index is 0.175. The van der Waals surface area contributed by atoms with E-state index in [0.29, 0.717) is 17.5 Å². The van der Waals surface area contributed by atoms with Gasteiger partial charge in [0.15, 0.2) is 17.5 Å². The van der Waals surface area contributed by atoms with Crippen LogP contribution in [0.1, 0.15) is 23.5 Å². The quantitative estimate of drug-likeness (QED) is 0.161. The van der Waals surface area contributed by atoms with E-state index in [-0.39, 0.29) is 17.8 Å². The maximum atomic E-state index is 5.12. The van der Waals surface area contributed by atoms with Gasteiger partial charge in [-0.2, -0.15) is 0 Å². The van der Waals surface area contributed by atoms with Crippen LogP contribution in [0.25, 0.3) is 56.4 Å². The number of rotatable bonds is 7. The molecule has 0 radical (unpaired) electrons. The Morgan fingerprint density at radius 3 is 1.79 bits per heavy atom. The van der Waals surface area contributed by atoms with Crippen molar-refractivity contribution in [2.45, 2.75) is 12.3 Å². The first-order chi connectivity index (χ1) is 31.2. The molecule has 3 atom stereocenters. The molecule has 3 unspecified atom stereocenters. The minimum atomic E-state index is 0.175. The second-order valence-electron chi connectivity index (χ2n) is 16.5. The van der Waals surface area contributed by atoms with Gasteiger partial charge in [0.05, 0.1) is 0 Å². The van der Waals surface area contributed by atoms with E-state index in [9.17, 15) is 0 Å². The Bertz CT molecular complexity index is 3310. The summed E-state index contributed by atoms with van der Waals surface area (Å²) in [5.74, 6) is 2.56. The summed E-state index contributed by atoms with van der Waals surface area (Å²) in [6, 6.07) is 60.1. The van der Waals surface area contributed by atoms with Crippen molar-refractivity contribution in [1.29, 1.82) is 0 Å². The van der Waals surface area contributed by atoms with Crippen molar-refractivity contribution in [3.63, 3.8) is 0 Å². The summed E-state index contributed by atoms with van der Waals surface area (Å²) in [5, 5.41) is 2.60. The largest absolute Gasteiger partial charge is 0.313 e. The highest BCUT2D eigenvalue weighted by atomic mass is 15.2. The Morgan fingerprint density at radius 2 is 1.05 bits per heavy atom. The summed E-state index contributed by atoms with van der Waals surface area (Å²) in [7, 11) is 0. The summed E-state index contributed by atoms with van der Waals surface area (Å²) < 4.78 is 0. The molecule has 0 spiro atoms. The van der Waals surface area contributed by atoms with Crippen molar-refractivity contribution in [2.75, 3.05) is 4.90 Å². The first-order valence-corrected chi connectivity index (χ1v) is 21.7. The molecule has 12 rings (SSSR count). The van der Waals surface area contributed by atoms with Crippen molar-refractivity contribution < 1.29 is 0 Å². The number of pyridine rings is 1. The maximum Gasteiger partial charge on any atom is 0.164 e. The molecule has 0 bridgehead atoms. The number of fused-ring (bicyclic) bond motifs is 5. The Morgan fingerprint density at radius 1 is 0.460 bits per heavy atom. The molecule has 0 saturated carbocycles. The van der Waals surface area contributed by atoms with Gasteiger partial charge in [0, 0.05) is 69.5 Å². The fraction of sp³-hybridized carbons (Fsp3) is 0.0690. The smallest absolute Gasteiger partial charge is 0.164 e. The minimum Gasteiger partial charge on any atom is -0.313 e. The molecule has 4 aliphatic rings. The lowest BCUT2D eigenvalue weighted by Gasteiger charge is -2.35. The van der Waals surface area contributed by atoms with Crippen LogP contribution in [-0.2, 0) is 0 Å². The van der Waals surface area contributed by atoms with Gasteiger partial charge in [-0.05, 0) is 86.7 Å². The number of aromatic nitrogens is 4. The van der Waals surface area contributed by atoms with Gasteiger partial charge < -0.3 is 4.90 Å². The predicted molar refractivity (Wildman–Crippen MR) is 255 cm³/mol. The second-order valence-corrected chi connectivity index (χ2v) is 16.5. The molecule has 6 aromatic carbocycles. The van der Waals surface area contributed by atoms with Crippen LogP contribution in [0.4, 0.5) is 11.4 Å². The Labute approximate surface area is 366 Å². The lowest BCUT2D eigenvalue weighted by atomic mass is 9.68. The molecule has 63 heavy (non-hydrogen) atoms. The second kappa shape index (κ2) is 15.5. The molecule has 3 heterocycles. The van der Waals surface area contributed by atoms with E-state index in [1.165, 1.54) is 55.4 Å². The number of hydrogen-bond donors (Lipinski definition) is 0. The summed E-state index contributed by atoms with van der Waals surface area (Å²) in [6.45, 7) is 0. The van der Waals surface area contributed by atoms with Gasteiger partial charge in [0.2, 0.25) is 0 Å². The van der Waals surface area contributed by atoms with Gasteiger partial charge in [0.1, 0.15) is 0 Å². The van der Waals surface area contributed by atoms with Crippen molar-refractivity contribution in [1.82, 2.24) is 19.9 Å². The van der Waals surface area contributed by atoms with Crippen molar-refractivity contribution in [2.24, 2.45) is 11.8 Å². The van der Waals surface area contributed by atoms with Crippen LogP contribution in [0, 0.1) is 11.8 Å². The molecular formula is C58H41N5. The van der Waals surface area contributed by atoms with Gasteiger partial charge in [-0.15, -0.1) is 0 Å². The molecule has 0 saturated heterocycles. The molecule has 5 nitrogen and oxygen atoms in total. The highest BCUT2D eigenvalue weighted by molar-refractivity contribution is 5.85. The Hall–Kier alpha value is -8.02. The lowest BCUT2D eigenvalue weighted by Crippen LogP contribution is -2.40. The normalized spacial score (nSPS) is 18.2. The molecule has 1 aliphatic heterocycles. The summed E-state index contributed by atoms with van der Waals surface area (Å²) in [6.07, 6.45) is 18.7. The van der Waals surface area contributed by atoms with Crippen molar-refractivity contribution >= 4 is 22.5 Å². The van der Waals surface area contributed by atoms with Gasteiger partial charge in [-0.1, -0.05) is 170 Å². The third kappa shape index (κ3) is 6.48. The van der Waals surface area contributed by atoms with Gasteiger partial charge in [-0.3, -0.25) is 4.98 Å². The number of benzene rings is 6. The number of para-hydroxylation sites is 2. The van der Waals surface area contributed by atoms with Gasteiger partial charge in [-0.25, -0.2) is 15.0 Å². The van der Waals surface area contributed by atoms with E-state index in [0.717, 1.165) is 34.2 Å². The molecule has 8 aromatic rings. The van der Waals surface area contributed by atoms with E-state index < -0.39 is 0 Å². The molecule has 3 aliphatic carbocycles. The Balaban J connectivity index is 0.962. The van der Waals surface area contributed by atoms with Crippen molar-refractivity contribution in [3.8, 4) is 45.3 Å². The Kier molecular flexibility index (Phi) is 9.03. The summed E-state index contributed by atoms with van der Waals surface area (Å²) in [4.78, 5) is 22.0. The molecule has 0 fully saturated rings. The van der Waals surface area contributed by atoms with Crippen molar-refractivity contribution in [3.05, 3.63) is 252 Å². The SMILES string of the molecule is C1=CC2C(C3=CC=C4C(C3)c3ccccc3N4c3ccccc3)=c3ccccc3=C(c3ccc(-c4nc(-c5ccccc5)nc(-c5cccc(-c6cccnc6)c5)n4)cc3)C2C=C1. The van der Waals surface area contributed by atoms with E-state index in [1.54, 1.807) is 6.20 Å². The van der Waals surface area contributed by atoms with Crippen LogP contribution >= 0.6 is 0 Å². The summed E-state index contributed by atoms with van der Waals surface area (Å²) in [5.41, 5.74) is 15.5. The zero-order valence-electron chi connectivity index (χ0n) is 34.5. The number of hydrogen-bond acceptors (Lipinski definition) is 5. The standard InChI is InChI=1S/C58H41N5/c1-3-15-39(16-4-1)56-60-57(62-58(61-56)43-18-13-17-41(35-43)44-19-14-34-59-37-44)40-30-28-38(29-31-40)54-47-23-7-9-25-49(47)55(50-26-10-8-24-48(50)54)42-32-33-53-51(36-42)46-22-11-12-27-52(46)63(53)45-20-5-2-6-21-45/h1-35,37,47,49,51H,36H2. The first-order valence-electron chi connectivity index (χ1n) is 21.7. The van der Waals surface area contributed by atoms with Crippen LogP contribution in [0.5, 0.6) is 0 Å². The molecule has 5 heteroatoms. The molecule has 0 N–H and O–H groups in total. The lowest BCUT2D eigenvalue weighted by molar-refractivity contribution is 0.673. The molecular weight excluding hydrogens is 767 g/mol. The highest BCUT2D eigenvalue weighted by Crippen LogP contribution is 2.53. The number of allylic oxidation sites excluding steroid dienone is 8. The molecule has 298 valence electrons. The average Bonchev–Trinajstić information content (AvgIpc) is 3.70. The van der Waals surface area contributed by atoms with E-state index in [2.05, 4.69) is 174 Å². The fourth-order valence-electron chi connectivity index (χ4n) is 10.1. The number of anilines is 2. The molecule has 0 amide bonds. The summed E-state index contributed by atoms with van der Waals surface area (Å²) >= 11 is 0. The zero-order valence-corrected chi connectivity index (χ0v) is 34.5.